The molecule has 1 aromatic heterocycles. The second kappa shape index (κ2) is 4.24. The molecule has 0 saturated heterocycles. The minimum absolute atomic E-state index is 0.933. The summed E-state index contributed by atoms with van der Waals surface area (Å²) in [5.74, 6) is 0. The molecule has 0 atom stereocenters. The number of imidazole rings is 1. The fraction of sp³-hybridized carbons (Fsp3) is 0.364. The van der Waals surface area contributed by atoms with Crippen molar-refractivity contribution in [2.75, 3.05) is 6.54 Å². The average Bonchev–Trinajstić information content (AvgIpc) is 2.65. The summed E-state index contributed by atoms with van der Waals surface area (Å²) < 4.78 is 0. The normalized spacial score (nSPS) is 10.9. The zero-order chi connectivity index (χ0) is 9.80. The highest BCUT2D eigenvalue weighted by atomic mass is 14.9. The number of H-pyrrole nitrogens is 1. The van der Waals surface area contributed by atoms with E-state index in [0.717, 1.165) is 24.1 Å². The number of nitrogens with one attached hydrogen (secondary N) is 2. The van der Waals surface area contributed by atoms with Gasteiger partial charge in [0, 0.05) is 6.54 Å². The van der Waals surface area contributed by atoms with Crippen molar-refractivity contribution in [3.8, 4) is 0 Å². The topological polar surface area (TPSA) is 40.7 Å². The van der Waals surface area contributed by atoms with Crippen LogP contribution >= 0.6 is 0 Å². The Hall–Kier alpha value is -1.35. The molecule has 0 aliphatic heterocycles. The summed E-state index contributed by atoms with van der Waals surface area (Å²) in [6.07, 6.45) is 2.90. The third kappa shape index (κ3) is 1.93. The molecule has 1 heterocycles. The number of hydrogen-bond acceptors (Lipinski definition) is 2. The molecule has 0 bridgehead atoms. The molecule has 14 heavy (non-hydrogen) atoms. The summed E-state index contributed by atoms with van der Waals surface area (Å²) in [6, 6.07) is 6.31. The quantitative estimate of drug-likeness (QED) is 0.723. The number of benzene rings is 1. The van der Waals surface area contributed by atoms with Crippen molar-refractivity contribution in [2.24, 2.45) is 0 Å². The molecule has 0 saturated carbocycles. The summed E-state index contributed by atoms with van der Waals surface area (Å²) in [6.45, 7) is 4.18. The molecule has 0 aliphatic rings. The standard InChI is InChI=1S/C11H15N3/c1-2-5-12-7-9-3-4-10-11(6-9)14-8-13-10/h3-4,6,8,12H,2,5,7H2,1H3,(H,13,14). The van der Waals surface area contributed by atoms with E-state index in [2.05, 4.69) is 40.4 Å². The van der Waals surface area contributed by atoms with E-state index in [0.29, 0.717) is 0 Å². The van der Waals surface area contributed by atoms with Crippen LogP contribution < -0.4 is 5.32 Å². The Bertz CT molecular complexity index is 406. The van der Waals surface area contributed by atoms with Crippen LogP contribution in [0, 0.1) is 0 Å². The minimum atomic E-state index is 0.933. The first kappa shape index (κ1) is 9.21. The molecule has 3 nitrogen and oxygen atoms in total. The fourth-order valence-corrected chi connectivity index (χ4v) is 1.50. The van der Waals surface area contributed by atoms with Crippen molar-refractivity contribution in [1.82, 2.24) is 15.3 Å². The predicted octanol–water partition coefficient (Wildman–Crippen LogP) is 2.06. The number of nitrogens with zero attached hydrogens (tertiary/aromatic N) is 1. The van der Waals surface area contributed by atoms with Gasteiger partial charge in [-0.1, -0.05) is 13.0 Å². The first-order valence-electron chi connectivity index (χ1n) is 5.03. The lowest BCUT2D eigenvalue weighted by Crippen LogP contribution is -2.13. The Kier molecular flexibility index (Phi) is 2.79. The van der Waals surface area contributed by atoms with E-state index in [-0.39, 0.29) is 0 Å². The van der Waals surface area contributed by atoms with Gasteiger partial charge in [0.2, 0.25) is 0 Å². The highest BCUT2D eigenvalue weighted by Crippen LogP contribution is 2.11. The average molecular weight is 189 g/mol. The molecule has 0 amide bonds. The number of aromatic nitrogens is 2. The van der Waals surface area contributed by atoms with E-state index in [1.807, 2.05) is 0 Å². The lowest BCUT2D eigenvalue weighted by molar-refractivity contribution is 0.676. The lowest BCUT2D eigenvalue weighted by Gasteiger charge is -2.02. The van der Waals surface area contributed by atoms with E-state index < -0.39 is 0 Å². The summed E-state index contributed by atoms with van der Waals surface area (Å²) >= 11 is 0. The fourth-order valence-electron chi connectivity index (χ4n) is 1.50. The van der Waals surface area contributed by atoms with Crippen LogP contribution in [0.15, 0.2) is 24.5 Å². The van der Waals surface area contributed by atoms with Gasteiger partial charge in [0.05, 0.1) is 17.4 Å². The molecule has 2 aromatic rings. The zero-order valence-electron chi connectivity index (χ0n) is 8.38. The Morgan fingerprint density at radius 2 is 2.36 bits per heavy atom. The Labute approximate surface area is 83.6 Å². The van der Waals surface area contributed by atoms with Crippen LogP contribution in [0.1, 0.15) is 18.9 Å². The zero-order valence-corrected chi connectivity index (χ0v) is 8.38. The van der Waals surface area contributed by atoms with Crippen molar-refractivity contribution in [3.05, 3.63) is 30.1 Å². The van der Waals surface area contributed by atoms with Crippen LogP contribution in [0.3, 0.4) is 0 Å². The third-order valence-corrected chi connectivity index (χ3v) is 2.24. The molecule has 0 unspecified atom stereocenters. The largest absolute Gasteiger partial charge is 0.345 e. The molecule has 0 spiro atoms. The molecule has 74 valence electrons. The van der Waals surface area contributed by atoms with Crippen molar-refractivity contribution < 1.29 is 0 Å². The van der Waals surface area contributed by atoms with Crippen LogP contribution in [0.25, 0.3) is 11.0 Å². The molecule has 2 rings (SSSR count). The maximum absolute atomic E-state index is 4.18. The van der Waals surface area contributed by atoms with Gasteiger partial charge in [0.1, 0.15) is 0 Å². The van der Waals surface area contributed by atoms with E-state index in [9.17, 15) is 0 Å². The number of hydrogen-bond donors (Lipinski definition) is 2. The lowest BCUT2D eigenvalue weighted by atomic mass is 10.2. The van der Waals surface area contributed by atoms with Gasteiger partial charge in [-0.2, -0.15) is 0 Å². The van der Waals surface area contributed by atoms with Gasteiger partial charge in [-0.15, -0.1) is 0 Å². The van der Waals surface area contributed by atoms with E-state index >= 15 is 0 Å². The van der Waals surface area contributed by atoms with Crippen LogP contribution in [0.4, 0.5) is 0 Å². The van der Waals surface area contributed by atoms with Crippen LogP contribution in [0.5, 0.6) is 0 Å². The van der Waals surface area contributed by atoms with E-state index in [1.54, 1.807) is 6.33 Å². The molecular formula is C11H15N3. The predicted molar refractivity (Wildman–Crippen MR) is 58.1 cm³/mol. The Morgan fingerprint density at radius 3 is 3.21 bits per heavy atom. The molecule has 0 aliphatic carbocycles. The van der Waals surface area contributed by atoms with Crippen molar-refractivity contribution in [3.63, 3.8) is 0 Å². The molecule has 2 N–H and O–H groups in total. The van der Waals surface area contributed by atoms with Crippen molar-refractivity contribution in [1.29, 1.82) is 0 Å². The first-order chi connectivity index (χ1) is 6.90. The van der Waals surface area contributed by atoms with Gasteiger partial charge in [-0.25, -0.2) is 4.98 Å². The molecule has 0 radical (unpaired) electrons. The van der Waals surface area contributed by atoms with Gasteiger partial charge in [-0.3, -0.25) is 0 Å². The molecular weight excluding hydrogens is 174 g/mol. The SMILES string of the molecule is CCCNCc1ccc2nc[nH]c2c1. The number of aromatic amines is 1. The van der Waals surface area contributed by atoms with Crippen LogP contribution in [-0.4, -0.2) is 16.5 Å². The number of rotatable bonds is 4. The van der Waals surface area contributed by atoms with Gasteiger partial charge in [0.25, 0.3) is 0 Å². The second-order valence-corrected chi connectivity index (χ2v) is 3.43. The van der Waals surface area contributed by atoms with Crippen molar-refractivity contribution >= 4 is 11.0 Å². The van der Waals surface area contributed by atoms with E-state index in [1.165, 1.54) is 12.0 Å². The monoisotopic (exact) mass is 189 g/mol. The summed E-state index contributed by atoms with van der Waals surface area (Å²) in [5, 5.41) is 3.37. The number of fused-ring (bicyclic) bond motifs is 1. The summed E-state index contributed by atoms with van der Waals surface area (Å²) in [7, 11) is 0. The van der Waals surface area contributed by atoms with Crippen molar-refractivity contribution in [2.45, 2.75) is 19.9 Å². The molecule has 0 fully saturated rings. The third-order valence-electron chi connectivity index (χ3n) is 2.24. The van der Waals surface area contributed by atoms with Crippen LogP contribution in [0.2, 0.25) is 0 Å². The van der Waals surface area contributed by atoms with E-state index in [4.69, 9.17) is 0 Å². The van der Waals surface area contributed by atoms with Gasteiger partial charge < -0.3 is 10.3 Å². The molecule has 3 heteroatoms. The first-order valence-corrected chi connectivity index (χ1v) is 5.03. The Morgan fingerprint density at radius 1 is 1.43 bits per heavy atom. The highest BCUT2D eigenvalue weighted by molar-refractivity contribution is 5.74. The highest BCUT2D eigenvalue weighted by Gasteiger charge is 1.97. The van der Waals surface area contributed by atoms with Gasteiger partial charge in [0.15, 0.2) is 0 Å². The maximum atomic E-state index is 4.18. The van der Waals surface area contributed by atoms with Gasteiger partial charge >= 0.3 is 0 Å². The minimum Gasteiger partial charge on any atom is -0.345 e. The second-order valence-electron chi connectivity index (χ2n) is 3.43. The molecule has 1 aromatic carbocycles. The summed E-state index contributed by atoms with van der Waals surface area (Å²) in [4.78, 5) is 7.29. The van der Waals surface area contributed by atoms with Gasteiger partial charge in [-0.05, 0) is 30.7 Å². The smallest absolute Gasteiger partial charge is 0.0931 e. The summed E-state index contributed by atoms with van der Waals surface area (Å²) in [5.41, 5.74) is 3.44. The Balaban J connectivity index is 2.10. The van der Waals surface area contributed by atoms with Crippen LogP contribution in [-0.2, 0) is 6.54 Å². The maximum Gasteiger partial charge on any atom is 0.0931 e.